The van der Waals surface area contributed by atoms with Crippen LogP contribution in [-0.4, -0.2) is 24.1 Å². The van der Waals surface area contributed by atoms with Crippen molar-refractivity contribution in [3.05, 3.63) is 33.9 Å². The Kier molecular flexibility index (Phi) is 3.01. The average Bonchev–Trinajstić information content (AvgIpc) is 2.36. The first-order valence-electron chi connectivity index (χ1n) is 5.39. The summed E-state index contributed by atoms with van der Waals surface area (Å²) >= 11 is 0. The SMILES string of the molecule is CNc1nc2c(OC)ccc([N+](=O)[O-])c2cc1C. The summed E-state index contributed by atoms with van der Waals surface area (Å²) in [6.07, 6.45) is 0. The number of hydrogen-bond acceptors (Lipinski definition) is 5. The molecule has 0 unspecified atom stereocenters. The zero-order valence-corrected chi connectivity index (χ0v) is 10.4. The molecule has 6 nitrogen and oxygen atoms in total. The highest BCUT2D eigenvalue weighted by Gasteiger charge is 2.17. The molecule has 0 saturated heterocycles. The van der Waals surface area contributed by atoms with Gasteiger partial charge in [0.2, 0.25) is 0 Å². The molecule has 0 radical (unpaired) electrons. The standard InChI is InChI=1S/C12H13N3O3/c1-7-6-8-9(15(16)17)4-5-10(18-3)11(8)14-12(7)13-2/h4-6H,1-3H3,(H,13,14). The van der Waals surface area contributed by atoms with Crippen molar-refractivity contribution in [1.82, 2.24) is 4.98 Å². The zero-order chi connectivity index (χ0) is 13.3. The third kappa shape index (κ3) is 1.81. The van der Waals surface area contributed by atoms with Gasteiger partial charge in [0, 0.05) is 13.1 Å². The molecule has 0 bridgehead atoms. The number of methoxy groups -OCH3 is 1. The molecular formula is C12H13N3O3. The number of nitro groups is 1. The van der Waals surface area contributed by atoms with E-state index >= 15 is 0 Å². The molecule has 0 saturated carbocycles. The normalized spacial score (nSPS) is 10.4. The van der Waals surface area contributed by atoms with Gasteiger partial charge in [-0.15, -0.1) is 0 Å². The summed E-state index contributed by atoms with van der Waals surface area (Å²) in [4.78, 5) is 15.0. The zero-order valence-electron chi connectivity index (χ0n) is 10.4. The number of nitro benzene ring substituents is 1. The molecular weight excluding hydrogens is 234 g/mol. The highest BCUT2D eigenvalue weighted by Crippen LogP contribution is 2.33. The quantitative estimate of drug-likeness (QED) is 0.666. The minimum Gasteiger partial charge on any atom is -0.494 e. The van der Waals surface area contributed by atoms with Crippen molar-refractivity contribution in [2.45, 2.75) is 6.92 Å². The molecule has 0 fully saturated rings. The number of nitrogens with one attached hydrogen (secondary N) is 1. The smallest absolute Gasteiger partial charge is 0.279 e. The highest BCUT2D eigenvalue weighted by molar-refractivity contribution is 5.94. The molecule has 0 aliphatic carbocycles. The Bertz CT molecular complexity index is 625. The van der Waals surface area contributed by atoms with Gasteiger partial charge in [0.05, 0.1) is 17.4 Å². The molecule has 2 aromatic rings. The molecule has 1 aromatic carbocycles. The van der Waals surface area contributed by atoms with Crippen LogP contribution in [0.5, 0.6) is 5.75 Å². The van der Waals surface area contributed by atoms with Crippen LogP contribution in [0.4, 0.5) is 11.5 Å². The minimum absolute atomic E-state index is 0.0315. The van der Waals surface area contributed by atoms with Crippen molar-refractivity contribution in [2.24, 2.45) is 0 Å². The predicted octanol–water partition coefficient (Wildman–Crippen LogP) is 2.50. The molecule has 1 N–H and O–H groups in total. The van der Waals surface area contributed by atoms with E-state index in [0.29, 0.717) is 22.5 Å². The number of rotatable bonds is 3. The van der Waals surface area contributed by atoms with E-state index in [1.165, 1.54) is 13.2 Å². The Labute approximate surface area is 104 Å². The summed E-state index contributed by atoms with van der Waals surface area (Å²) in [5.74, 6) is 1.20. The Morgan fingerprint density at radius 1 is 1.44 bits per heavy atom. The van der Waals surface area contributed by atoms with E-state index in [4.69, 9.17) is 4.74 Å². The van der Waals surface area contributed by atoms with Crippen LogP contribution < -0.4 is 10.1 Å². The van der Waals surface area contributed by atoms with E-state index < -0.39 is 4.92 Å². The van der Waals surface area contributed by atoms with E-state index in [1.807, 2.05) is 6.92 Å². The summed E-state index contributed by atoms with van der Waals surface area (Å²) in [5, 5.41) is 14.4. The fourth-order valence-corrected chi connectivity index (χ4v) is 1.90. The van der Waals surface area contributed by atoms with Crippen LogP contribution in [0.25, 0.3) is 10.9 Å². The lowest BCUT2D eigenvalue weighted by Crippen LogP contribution is -1.99. The summed E-state index contributed by atoms with van der Waals surface area (Å²) in [6, 6.07) is 4.73. The van der Waals surface area contributed by atoms with Crippen LogP contribution in [0.15, 0.2) is 18.2 Å². The van der Waals surface area contributed by atoms with Gasteiger partial charge in [-0.1, -0.05) is 0 Å². The van der Waals surface area contributed by atoms with Crippen LogP contribution >= 0.6 is 0 Å². The monoisotopic (exact) mass is 247 g/mol. The lowest BCUT2D eigenvalue weighted by atomic mass is 10.1. The largest absolute Gasteiger partial charge is 0.494 e. The molecule has 0 aliphatic heterocycles. The Morgan fingerprint density at radius 2 is 2.17 bits per heavy atom. The van der Waals surface area contributed by atoms with Crippen molar-refractivity contribution in [2.75, 3.05) is 19.5 Å². The summed E-state index contributed by atoms with van der Waals surface area (Å²) in [7, 11) is 3.27. The van der Waals surface area contributed by atoms with Crippen molar-refractivity contribution in [3.8, 4) is 5.75 Å². The second kappa shape index (κ2) is 4.48. The van der Waals surface area contributed by atoms with Gasteiger partial charge < -0.3 is 10.1 Å². The molecule has 0 atom stereocenters. The number of nitrogens with zero attached hydrogens (tertiary/aromatic N) is 2. The number of pyridine rings is 1. The lowest BCUT2D eigenvalue weighted by molar-refractivity contribution is -0.383. The molecule has 6 heteroatoms. The maximum atomic E-state index is 11.0. The van der Waals surface area contributed by atoms with E-state index in [9.17, 15) is 10.1 Å². The highest BCUT2D eigenvalue weighted by atomic mass is 16.6. The summed E-state index contributed by atoms with van der Waals surface area (Å²) < 4.78 is 5.19. The molecule has 0 aliphatic rings. The summed E-state index contributed by atoms with van der Waals surface area (Å²) in [5.41, 5.74) is 1.37. The molecule has 1 aromatic heterocycles. The number of fused-ring (bicyclic) bond motifs is 1. The van der Waals surface area contributed by atoms with Gasteiger partial charge in [0.25, 0.3) is 5.69 Å². The molecule has 94 valence electrons. The number of anilines is 1. The maximum absolute atomic E-state index is 11.0. The molecule has 0 spiro atoms. The fourth-order valence-electron chi connectivity index (χ4n) is 1.90. The summed E-state index contributed by atoms with van der Waals surface area (Å²) in [6.45, 7) is 1.85. The Morgan fingerprint density at radius 3 is 2.72 bits per heavy atom. The van der Waals surface area contributed by atoms with Crippen LogP contribution in [0, 0.1) is 17.0 Å². The van der Waals surface area contributed by atoms with Crippen LogP contribution in [0.1, 0.15) is 5.56 Å². The van der Waals surface area contributed by atoms with Crippen LogP contribution in [-0.2, 0) is 0 Å². The van der Waals surface area contributed by atoms with E-state index in [1.54, 1.807) is 19.2 Å². The van der Waals surface area contributed by atoms with Gasteiger partial charge in [-0.25, -0.2) is 4.98 Å². The number of aryl methyl sites for hydroxylation is 1. The van der Waals surface area contributed by atoms with E-state index in [-0.39, 0.29) is 5.69 Å². The minimum atomic E-state index is -0.415. The van der Waals surface area contributed by atoms with Crippen molar-refractivity contribution < 1.29 is 9.66 Å². The second-order valence-corrected chi connectivity index (χ2v) is 3.84. The third-order valence-corrected chi connectivity index (χ3v) is 2.77. The van der Waals surface area contributed by atoms with E-state index in [2.05, 4.69) is 10.3 Å². The molecule has 0 amide bonds. The van der Waals surface area contributed by atoms with E-state index in [0.717, 1.165) is 5.56 Å². The molecule has 18 heavy (non-hydrogen) atoms. The number of benzene rings is 1. The van der Waals surface area contributed by atoms with Crippen molar-refractivity contribution >= 4 is 22.4 Å². The predicted molar refractivity (Wildman–Crippen MR) is 69.2 cm³/mol. The van der Waals surface area contributed by atoms with Crippen LogP contribution in [0.3, 0.4) is 0 Å². The first kappa shape index (κ1) is 12.1. The number of ether oxygens (including phenoxy) is 1. The fraction of sp³-hybridized carbons (Fsp3) is 0.250. The Hall–Kier alpha value is -2.37. The van der Waals surface area contributed by atoms with Crippen molar-refractivity contribution in [3.63, 3.8) is 0 Å². The Balaban J connectivity index is 2.87. The third-order valence-electron chi connectivity index (χ3n) is 2.77. The number of non-ortho nitro benzene ring substituents is 1. The maximum Gasteiger partial charge on any atom is 0.279 e. The van der Waals surface area contributed by atoms with Gasteiger partial charge in [-0.05, 0) is 24.6 Å². The van der Waals surface area contributed by atoms with Crippen LogP contribution in [0.2, 0.25) is 0 Å². The first-order chi connectivity index (χ1) is 8.58. The topological polar surface area (TPSA) is 77.3 Å². The van der Waals surface area contributed by atoms with Gasteiger partial charge in [-0.2, -0.15) is 0 Å². The number of hydrogen-bond donors (Lipinski definition) is 1. The van der Waals surface area contributed by atoms with Gasteiger partial charge >= 0.3 is 0 Å². The van der Waals surface area contributed by atoms with Gasteiger partial charge in [0.15, 0.2) is 0 Å². The first-order valence-corrected chi connectivity index (χ1v) is 5.39. The van der Waals surface area contributed by atoms with Crippen molar-refractivity contribution in [1.29, 1.82) is 0 Å². The average molecular weight is 247 g/mol. The van der Waals surface area contributed by atoms with Gasteiger partial charge in [-0.3, -0.25) is 10.1 Å². The second-order valence-electron chi connectivity index (χ2n) is 3.84. The lowest BCUT2D eigenvalue weighted by Gasteiger charge is -2.09. The molecule has 2 rings (SSSR count). The molecule has 1 heterocycles. The number of aromatic nitrogens is 1. The van der Waals surface area contributed by atoms with Gasteiger partial charge in [0.1, 0.15) is 17.1 Å².